The summed E-state index contributed by atoms with van der Waals surface area (Å²) in [6, 6.07) is 4.13. The third kappa shape index (κ3) is 4.60. The zero-order valence-electron chi connectivity index (χ0n) is 17.4. The number of ether oxygens (including phenoxy) is 1. The molecule has 2 aliphatic rings. The summed E-state index contributed by atoms with van der Waals surface area (Å²) in [5, 5.41) is 2.28. The van der Waals surface area contributed by atoms with Crippen LogP contribution >= 0.6 is 11.8 Å². The highest BCUT2D eigenvalue weighted by Crippen LogP contribution is 2.36. The van der Waals surface area contributed by atoms with Gasteiger partial charge in [-0.15, -0.1) is 16.8 Å². The summed E-state index contributed by atoms with van der Waals surface area (Å²) >= 11 is 0.990. The number of alkyl halides is 3. The number of methoxy groups -OCH3 is 1. The SMILES string of the molecule is COCC1=C(SCC(=O)Nc2ccccc2C(F)(F)F)C2C(=O)N(C)C(=O)[N+](C)=C2N=C1. The van der Waals surface area contributed by atoms with Crippen molar-refractivity contribution in [3.8, 4) is 0 Å². The van der Waals surface area contributed by atoms with E-state index in [2.05, 4.69) is 10.3 Å². The topological polar surface area (TPSA) is 91.1 Å². The number of rotatable bonds is 6. The number of urea groups is 1. The van der Waals surface area contributed by atoms with Gasteiger partial charge in [-0.3, -0.25) is 9.59 Å². The standard InChI is InChI=1S/C20H19F3N4O4S/c1-26-17-15(18(29)27(2)19(26)30)16(11(8-24-17)9-31-3)32-10-14(28)25-13-7-5-4-6-12(13)20(21,22)23/h4-8,15H,9-10H2,1-3H3/p+1. The van der Waals surface area contributed by atoms with Gasteiger partial charge in [-0.05, 0) is 12.1 Å². The third-order valence-corrected chi connectivity index (χ3v) is 6.07. The summed E-state index contributed by atoms with van der Waals surface area (Å²) in [5.74, 6) is -2.16. The quantitative estimate of drug-likeness (QED) is 0.647. The average Bonchev–Trinajstić information content (AvgIpc) is 2.74. The molecular formula is C20H20F3N4O4S+. The van der Waals surface area contributed by atoms with E-state index in [1.165, 1.54) is 50.2 Å². The molecule has 0 saturated carbocycles. The molecule has 0 saturated heterocycles. The Bertz CT molecular complexity index is 1070. The van der Waals surface area contributed by atoms with Gasteiger partial charge in [0.1, 0.15) is 6.21 Å². The summed E-state index contributed by atoms with van der Waals surface area (Å²) < 4.78 is 45.9. The van der Waals surface area contributed by atoms with Crippen molar-refractivity contribution in [2.24, 2.45) is 10.9 Å². The van der Waals surface area contributed by atoms with Crippen LogP contribution in [0.15, 0.2) is 39.7 Å². The predicted octanol–water partition coefficient (Wildman–Crippen LogP) is 2.61. The summed E-state index contributed by atoms with van der Waals surface area (Å²) in [7, 11) is 4.28. The van der Waals surface area contributed by atoms with Crippen molar-refractivity contribution in [2.45, 2.75) is 6.18 Å². The lowest BCUT2D eigenvalue weighted by molar-refractivity contribution is -0.407. The molecule has 1 aromatic carbocycles. The Morgan fingerprint density at radius 1 is 1.31 bits per heavy atom. The van der Waals surface area contributed by atoms with Crippen LogP contribution in [0.5, 0.6) is 0 Å². The largest absolute Gasteiger partial charge is 0.445 e. The number of carbonyl (C=O) groups excluding carboxylic acids is 3. The molecule has 3 rings (SSSR count). The number of amidine groups is 1. The van der Waals surface area contributed by atoms with Crippen molar-refractivity contribution in [1.29, 1.82) is 0 Å². The van der Waals surface area contributed by atoms with Crippen LogP contribution in [0.2, 0.25) is 0 Å². The van der Waals surface area contributed by atoms with Crippen LogP contribution in [0.25, 0.3) is 0 Å². The minimum Gasteiger partial charge on any atom is -0.380 e. The van der Waals surface area contributed by atoms with Gasteiger partial charge in [0.25, 0.3) is 5.84 Å². The Morgan fingerprint density at radius 3 is 2.66 bits per heavy atom. The average molecular weight is 469 g/mol. The number of anilines is 1. The number of aliphatic imine (C=N–C) groups is 1. The molecular weight excluding hydrogens is 449 g/mol. The van der Waals surface area contributed by atoms with Gasteiger partial charge < -0.3 is 10.1 Å². The molecule has 8 nitrogen and oxygen atoms in total. The highest BCUT2D eigenvalue weighted by atomic mass is 32.2. The second-order valence-corrected chi connectivity index (χ2v) is 8.01. The van der Waals surface area contributed by atoms with Crippen LogP contribution in [0.4, 0.5) is 23.7 Å². The summed E-state index contributed by atoms with van der Waals surface area (Å²) in [6.07, 6.45) is -3.16. The number of hydrogen-bond acceptors (Lipinski definition) is 6. The van der Waals surface area contributed by atoms with Crippen LogP contribution in [0, 0.1) is 5.92 Å². The molecule has 0 radical (unpaired) electrons. The number of hydrogen-bond donors (Lipinski definition) is 1. The van der Waals surface area contributed by atoms with Gasteiger partial charge in [-0.2, -0.15) is 22.6 Å². The first kappa shape index (κ1) is 23.7. The number of para-hydroxylation sites is 1. The highest BCUT2D eigenvalue weighted by molar-refractivity contribution is 8.03. The molecule has 0 spiro atoms. The third-order valence-electron chi connectivity index (χ3n) is 4.85. The van der Waals surface area contributed by atoms with Gasteiger partial charge >= 0.3 is 18.1 Å². The van der Waals surface area contributed by atoms with Crippen LogP contribution < -0.4 is 5.32 Å². The smallest absolute Gasteiger partial charge is 0.380 e. The fourth-order valence-electron chi connectivity index (χ4n) is 3.31. The first-order valence-electron chi connectivity index (χ1n) is 9.33. The number of thioether (sulfide) groups is 1. The molecule has 0 aliphatic carbocycles. The molecule has 1 N–H and O–H groups in total. The van der Waals surface area contributed by atoms with Crippen molar-refractivity contribution < 1.29 is 36.9 Å². The molecule has 0 aromatic heterocycles. The number of dihydropyridines is 1. The van der Waals surface area contributed by atoms with Crippen LogP contribution in [0.3, 0.4) is 0 Å². The van der Waals surface area contributed by atoms with E-state index in [0.29, 0.717) is 10.5 Å². The Balaban J connectivity index is 1.85. The van der Waals surface area contributed by atoms with E-state index in [-0.39, 0.29) is 23.9 Å². The molecule has 2 heterocycles. The van der Waals surface area contributed by atoms with Crippen molar-refractivity contribution >= 4 is 47.3 Å². The highest BCUT2D eigenvalue weighted by Gasteiger charge is 2.48. The number of nitrogens with zero attached hydrogens (tertiary/aromatic N) is 3. The number of fused-ring (bicyclic) bond motifs is 1. The summed E-state index contributed by atoms with van der Waals surface area (Å²) in [5.41, 5.74) is -0.769. The molecule has 1 aromatic rings. The molecule has 4 amide bonds. The predicted molar refractivity (Wildman–Crippen MR) is 113 cm³/mol. The van der Waals surface area contributed by atoms with Gasteiger partial charge in [0.2, 0.25) is 5.91 Å². The van der Waals surface area contributed by atoms with Gasteiger partial charge in [0, 0.05) is 17.6 Å². The van der Waals surface area contributed by atoms with Crippen LogP contribution in [-0.2, 0) is 20.5 Å². The monoisotopic (exact) mass is 469 g/mol. The van der Waals surface area contributed by atoms with E-state index in [0.717, 1.165) is 22.7 Å². The van der Waals surface area contributed by atoms with Gasteiger partial charge in [0.15, 0.2) is 5.92 Å². The minimum absolute atomic E-state index is 0.1000. The maximum atomic E-state index is 13.2. The number of halogens is 3. The van der Waals surface area contributed by atoms with Crippen molar-refractivity contribution in [3.63, 3.8) is 0 Å². The molecule has 1 atom stereocenters. The Hall–Kier alpha value is -2.99. The lowest BCUT2D eigenvalue weighted by Gasteiger charge is -2.28. The maximum absolute atomic E-state index is 13.2. The Kier molecular flexibility index (Phi) is 6.84. The van der Waals surface area contributed by atoms with Gasteiger partial charge in [0.05, 0.1) is 37.7 Å². The molecule has 0 fully saturated rings. The summed E-state index contributed by atoms with van der Waals surface area (Å²) in [6.45, 7) is 0.1000. The van der Waals surface area contributed by atoms with E-state index < -0.39 is 35.5 Å². The number of imide groups is 1. The van der Waals surface area contributed by atoms with E-state index in [1.54, 1.807) is 0 Å². The van der Waals surface area contributed by atoms with Crippen molar-refractivity contribution in [2.75, 3.05) is 38.9 Å². The van der Waals surface area contributed by atoms with Crippen molar-refractivity contribution in [3.05, 3.63) is 40.3 Å². The van der Waals surface area contributed by atoms with Crippen LogP contribution in [0.1, 0.15) is 5.56 Å². The Morgan fingerprint density at radius 2 is 2.00 bits per heavy atom. The number of amides is 4. The molecule has 2 aliphatic heterocycles. The Labute approximate surface area is 185 Å². The fourth-order valence-corrected chi connectivity index (χ4v) is 4.34. The maximum Gasteiger partial charge on any atom is 0.445 e. The number of nitrogens with one attached hydrogen (secondary N) is 1. The lowest BCUT2D eigenvalue weighted by atomic mass is 9.98. The molecule has 170 valence electrons. The first-order valence-corrected chi connectivity index (χ1v) is 10.3. The minimum atomic E-state index is -4.62. The molecule has 1 unspecified atom stereocenters. The van der Waals surface area contributed by atoms with Crippen LogP contribution in [-0.4, -0.2) is 72.9 Å². The van der Waals surface area contributed by atoms with E-state index >= 15 is 0 Å². The normalized spacial score (nSPS) is 18.9. The van der Waals surface area contributed by atoms with E-state index in [1.807, 2.05) is 0 Å². The number of carbonyl (C=O) groups is 3. The molecule has 12 heteroatoms. The zero-order chi connectivity index (χ0) is 23.6. The van der Waals surface area contributed by atoms with E-state index in [9.17, 15) is 27.6 Å². The molecule has 0 bridgehead atoms. The first-order chi connectivity index (χ1) is 15.1. The lowest BCUT2D eigenvalue weighted by Crippen LogP contribution is -2.53. The molecule has 32 heavy (non-hydrogen) atoms. The summed E-state index contributed by atoms with van der Waals surface area (Å²) in [4.78, 5) is 43.2. The zero-order valence-corrected chi connectivity index (χ0v) is 18.2. The number of benzene rings is 1. The van der Waals surface area contributed by atoms with E-state index in [4.69, 9.17) is 4.74 Å². The second kappa shape index (κ2) is 9.25. The van der Waals surface area contributed by atoms with Gasteiger partial charge in [-0.25, -0.2) is 4.79 Å². The van der Waals surface area contributed by atoms with Crippen molar-refractivity contribution in [1.82, 2.24) is 4.90 Å². The van der Waals surface area contributed by atoms with Gasteiger partial charge in [-0.1, -0.05) is 12.1 Å². The fraction of sp³-hybridized carbons (Fsp3) is 0.350. The second-order valence-electron chi connectivity index (χ2n) is 6.99.